The van der Waals surface area contributed by atoms with Crippen LogP contribution in [-0.2, 0) is 9.53 Å². The molecular weight excluding hydrogens is 461 g/mol. The van der Waals surface area contributed by atoms with E-state index in [1.807, 2.05) is 24.3 Å². The Morgan fingerprint density at radius 3 is 2.56 bits per heavy atom. The number of hydrogen-bond donors (Lipinski definition) is 1. The molecule has 1 N–H and O–H groups in total. The Bertz CT molecular complexity index is 884. The molecule has 1 unspecified atom stereocenters. The van der Waals surface area contributed by atoms with Gasteiger partial charge in [-0.1, -0.05) is 12.1 Å². The lowest BCUT2D eigenvalue weighted by Gasteiger charge is -2.26. The number of carbonyl (C=O) groups excluding carboxylic acids is 2. The topological polar surface area (TPSA) is 80.0 Å². The van der Waals surface area contributed by atoms with E-state index < -0.39 is 23.5 Å². The van der Waals surface area contributed by atoms with Crippen molar-refractivity contribution in [2.24, 2.45) is 0 Å². The molecule has 1 amide bonds. The van der Waals surface area contributed by atoms with Gasteiger partial charge in [-0.25, -0.2) is 0 Å². The number of ketones is 1. The van der Waals surface area contributed by atoms with E-state index in [9.17, 15) is 14.7 Å². The number of Topliss-reactive ketones (excluding diaryl/α,β-unsaturated/α-hetero) is 1. The molecule has 1 aliphatic rings. The molecule has 0 saturated heterocycles. The highest BCUT2D eigenvalue weighted by Gasteiger charge is 2.44. The number of carbonyl (C=O) groups is 2. The summed E-state index contributed by atoms with van der Waals surface area (Å²) in [7, 11) is 1.59. The van der Waals surface area contributed by atoms with Gasteiger partial charge in [-0.05, 0) is 65.8 Å². The van der Waals surface area contributed by atoms with Gasteiger partial charge in [0.1, 0.15) is 5.76 Å². The van der Waals surface area contributed by atoms with Gasteiger partial charge in [-0.2, -0.15) is 0 Å². The maximum atomic E-state index is 13.0. The van der Waals surface area contributed by atoms with Crippen molar-refractivity contribution < 1.29 is 23.8 Å². The maximum absolute atomic E-state index is 13.0. The maximum Gasteiger partial charge on any atom is 0.290 e. The lowest BCUT2D eigenvalue weighted by Crippen LogP contribution is -2.32. The summed E-state index contributed by atoms with van der Waals surface area (Å²) < 4.78 is 11.5. The van der Waals surface area contributed by atoms with Gasteiger partial charge in [0.2, 0.25) is 5.78 Å². The number of aliphatic hydroxyl groups is 1. The van der Waals surface area contributed by atoms with E-state index in [1.165, 1.54) is 4.90 Å². The SMILES string of the molecule is COCCCN1C(=O)C(O)=C(C(=O)c2ccc(C)o2)C1c1ccc(I)cc1. The number of ether oxygens (including phenoxy) is 1. The minimum atomic E-state index is -0.663. The predicted octanol–water partition coefficient (Wildman–Crippen LogP) is 3.81. The van der Waals surface area contributed by atoms with Crippen LogP contribution in [0.25, 0.3) is 0 Å². The number of aryl methyl sites for hydroxylation is 1. The fourth-order valence-electron chi connectivity index (χ4n) is 3.18. The second-order valence-electron chi connectivity index (χ2n) is 6.30. The van der Waals surface area contributed by atoms with Crippen molar-refractivity contribution in [2.45, 2.75) is 19.4 Å². The summed E-state index contributed by atoms with van der Waals surface area (Å²) >= 11 is 2.19. The number of benzene rings is 1. The molecule has 7 heteroatoms. The van der Waals surface area contributed by atoms with Crippen LogP contribution in [0.4, 0.5) is 0 Å². The standard InChI is InChI=1S/C20H20INO5/c1-12-4-9-15(27-12)18(23)16-17(13-5-7-14(21)8-6-13)22(10-3-11-26-2)20(25)19(16)24/h4-9,17,24H,3,10-11H2,1-2H3. The van der Waals surface area contributed by atoms with Crippen LogP contribution in [0.1, 0.15) is 34.3 Å². The van der Waals surface area contributed by atoms with Crippen molar-refractivity contribution in [3.05, 3.63) is 68.4 Å². The number of methoxy groups -OCH3 is 1. The molecule has 0 bridgehead atoms. The van der Waals surface area contributed by atoms with Crippen LogP contribution >= 0.6 is 22.6 Å². The smallest absolute Gasteiger partial charge is 0.290 e. The van der Waals surface area contributed by atoms with Gasteiger partial charge in [-0.3, -0.25) is 9.59 Å². The van der Waals surface area contributed by atoms with Gasteiger partial charge in [0.05, 0.1) is 11.6 Å². The molecule has 2 aromatic rings. The lowest BCUT2D eigenvalue weighted by atomic mass is 9.95. The van der Waals surface area contributed by atoms with Gasteiger partial charge >= 0.3 is 0 Å². The number of furan rings is 1. The Labute approximate surface area is 170 Å². The van der Waals surface area contributed by atoms with Gasteiger partial charge in [0.15, 0.2) is 11.5 Å². The fourth-order valence-corrected chi connectivity index (χ4v) is 3.54. The molecule has 0 fully saturated rings. The molecule has 0 spiro atoms. The second-order valence-corrected chi connectivity index (χ2v) is 7.55. The van der Waals surface area contributed by atoms with E-state index in [0.717, 1.165) is 9.13 Å². The zero-order chi connectivity index (χ0) is 19.6. The predicted molar refractivity (Wildman–Crippen MR) is 108 cm³/mol. The van der Waals surface area contributed by atoms with Gasteiger partial charge < -0.3 is 19.2 Å². The zero-order valence-corrected chi connectivity index (χ0v) is 17.2. The number of halogens is 1. The van der Waals surface area contributed by atoms with Crippen LogP contribution in [0.3, 0.4) is 0 Å². The Hall–Kier alpha value is -2.13. The van der Waals surface area contributed by atoms with E-state index in [-0.39, 0.29) is 11.3 Å². The average Bonchev–Trinajstić information content (AvgIpc) is 3.19. The van der Waals surface area contributed by atoms with Crippen molar-refractivity contribution in [1.82, 2.24) is 4.90 Å². The lowest BCUT2D eigenvalue weighted by molar-refractivity contribution is -0.129. The molecular formula is C20H20INO5. The summed E-state index contributed by atoms with van der Waals surface area (Å²) in [5, 5.41) is 10.5. The van der Waals surface area contributed by atoms with Crippen LogP contribution < -0.4 is 0 Å². The number of rotatable bonds is 7. The molecule has 1 aromatic heterocycles. The number of nitrogens with zero attached hydrogens (tertiary/aromatic N) is 1. The normalized spacial score (nSPS) is 17.1. The summed E-state index contributed by atoms with van der Waals surface area (Å²) in [5.74, 6) is -0.857. The summed E-state index contributed by atoms with van der Waals surface area (Å²) in [6, 6.07) is 10.1. The minimum absolute atomic E-state index is 0.0491. The van der Waals surface area contributed by atoms with Gasteiger partial charge in [0.25, 0.3) is 5.91 Å². The molecule has 1 aromatic carbocycles. The van der Waals surface area contributed by atoms with Crippen molar-refractivity contribution >= 4 is 34.3 Å². The Balaban J connectivity index is 2.03. The van der Waals surface area contributed by atoms with Crippen LogP contribution in [0, 0.1) is 10.5 Å². The highest BCUT2D eigenvalue weighted by atomic mass is 127. The highest BCUT2D eigenvalue weighted by Crippen LogP contribution is 2.39. The van der Waals surface area contributed by atoms with Crippen molar-refractivity contribution in [3.63, 3.8) is 0 Å². The molecule has 27 heavy (non-hydrogen) atoms. The van der Waals surface area contributed by atoms with E-state index in [4.69, 9.17) is 9.15 Å². The van der Waals surface area contributed by atoms with Crippen LogP contribution in [0.2, 0.25) is 0 Å². The molecule has 0 saturated carbocycles. The Morgan fingerprint density at radius 2 is 1.96 bits per heavy atom. The third kappa shape index (κ3) is 3.93. The van der Waals surface area contributed by atoms with Crippen LogP contribution in [0.15, 0.2) is 52.1 Å². The van der Waals surface area contributed by atoms with Crippen molar-refractivity contribution in [3.8, 4) is 0 Å². The molecule has 2 heterocycles. The molecule has 1 aliphatic heterocycles. The van der Waals surface area contributed by atoms with E-state index in [0.29, 0.717) is 25.3 Å². The first-order valence-electron chi connectivity index (χ1n) is 8.53. The number of hydrogen-bond acceptors (Lipinski definition) is 5. The van der Waals surface area contributed by atoms with Crippen LogP contribution in [0.5, 0.6) is 0 Å². The molecule has 1 atom stereocenters. The van der Waals surface area contributed by atoms with Gasteiger partial charge in [-0.15, -0.1) is 0 Å². The van der Waals surface area contributed by atoms with Crippen molar-refractivity contribution in [2.75, 3.05) is 20.3 Å². The number of amides is 1. The largest absolute Gasteiger partial charge is 0.503 e. The van der Waals surface area contributed by atoms with E-state index >= 15 is 0 Å². The molecule has 3 rings (SSSR count). The fraction of sp³-hybridized carbons (Fsp3) is 0.300. The summed E-state index contributed by atoms with van der Waals surface area (Å²) in [6.07, 6.45) is 0.595. The molecule has 6 nitrogen and oxygen atoms in total. The van der Waals surface area contributed by atoms with E-state index in [2.05, 4.69) is 22.6 Å². The van der Waals surface area contributed by atoms with Crippen molar-refractivity contribution in [1.29, 1.82) is 0 Å². The summed E-state index contributed by atoms with van der Waals surface area (Å²) in [6.45, 7) is 2.57. The van der Waals surface area contributed by atoms with Crippen LogP contribution in [-0.4, -0.2) is 42.0 Å². The van der Waals surface area contributed by atoms with Gasteiger partial charge in [0, 0.05) is 23.8 Å². The molecule has 0 aliphatic carbocycles. The second kappa shape index (κ2) is 8.26. The molecule has 142 valence electrons. The minimum Gasteiger partial charge on any atom is -0.503 e. The van der Waals surface area contributed by atoms with E-state index in [1.54, 1.807) is 26.2 Å². The third-order valence-electron chi connectivity index (χ3n) is 4.45. The Kier molecular flexibility index (Phi) is 6.01. The Morgan fingerprint density at radius 1 is 1.26 bits per heavy atom. The monoisotopic (exact) mass is 481 g/mol. The first kappa shape index (κ1) is 19.6. The summed E-state index contributed by atoms with van der Waals surface area (Å²) in [5.41, 5.74) is 0.810. The molecule has 0 radical (unpaired) electrons. The summed E-state index contributed by atoms with van der Waals surface area (Å²) in [4.78, 5) is 27.2. The number of aliphatic hydroxyl groups excluding tert-OH is 1. The quantitative estimate of drug-likeness (QED) is 0.370. The first-order valence-corrected chi connectivity index (χ1v) is 9.61. The first-order chi connectivity index (χ1) is 12.9. The zero-order valence-electron chi connectivity index (χ0n) is 15.1. The average molecular weight is 481 g/mol. The third-order valence-corrected chi connectivity index (χ3v) is 5.16. The highest BCUT2D eigenvalue weighted by molar-refractivity contribution is 14.1.